The maximum absolute atomic E-state index is 10.6. The fraction of sp³-hybridized carbons (Fsp3) is 0.455. The van der Waals surface area contributed by atoms with Gasteiger partial charge in [0.1, 0.15) is 6.10 Å². The van der Waals surface area contributed by atoms with Gasteiger partial charge >= 0.3 is 0 Å². The smallest absolute Gasteiger partial charge is 0.269 e. The molecule has 0 fully saturated rings. The second kappa shape index (κ2) is 6.09. The fourth-order valence-electron chi connectivity index (χ4n) is 1.58. The van der Waals surface area contributed by atoms with Crippen molar-refractivity contribution in [3.63, 3.8) is 0 Å². The maximum Gasteiger partial charge on any atom is 0.269 e. The Morgan fingerprint density at radius 2 is 2.12 bits per heavy atom. The van der Waals surface area contributed by atoms with Gasteiger partial charge in [0.15, 0.2) is 0 Å². The highest BCUT2D eigenvalue weighted by Crippen LogP contribution is 2.25. The van der Waals surface area contributed by atoms with Crippen molar-refractivity contribution >= 4 is 21.6 Å². The van der Waals surface area contributed by atoms with Gasteiger partial charge in [-0.25, -0.2) is 0 Å². The molecule has 94 valence electrons. The fourth-order valence-corrected chi connectivity index (χ4v) is 2.05. The number of nitrogens with zero attached hydrogens (tertiary/aromatic N) is 1. The topological polar surface area (TPSA) is 83.6 Å². The van der Waals surface area contributed by atoms with Gasteiger partial charge in [-0.2, -0.15) is 0 Å². The number of aliphatic hydroxyl groups excluding tert-OH is 2. The summed E-state index contributed by atoms with van der Waals surface area (Å²) in [6.07, 6.45) is -1.49. The molecule has 1 aromatic rings. The molecule has 1 aromatic carbocycles. The Morgan fingerprint density at radius 1 is 1.47 bits per heavy atom. The van der Waals surface area contributed by atoms with Gasteiger partial charge in [-0.05, 0) is 30.5 Å². The van der Waals surface area contributed by atoms with Crippen molar-refractivity contribution in [3.05, 3.63) is 39.4 Å². The summed E-state index contributed by atoms with van der Waals surface area (Å²) in [5.74, 6) is 0. The highest BCUT2D eigenvalue weighted by atomic mass is 79.9. The van der Waals surface area contributed by atoms with E-state index < -0.39 is 17.1 Å². The maximum atomic E-state index is 10.6. The average Bonchev–Trinajstić information content (AvgIpc) is 2.28. The number of alkyl halides is 1. The number of benzene rings is 1. The predicted octanol–water partition coefficient (Wildman–Crippen LogP) is 2.08. The second-order valence-corrected chi connectivity index (χ2v) is 4.58. The Bertz CT molecular complexity index is 410. The molecule has 0 amide bonds. The molecule has 2 N–H and O–H groups in total. The van der Waals surface area contributed by atoms with Crippen LogP contribution in [0.25, 0.3) is 0 Å². The molecule has 0 saturated carbocycles. The Hall–Kier alpha value is -0.980. The van der Waals surface area contributed by atoms with Gasteiger partial charge in [-0.15, -0.1) is 0 Å². The molecule has 2 unspecified atom stereocenters. The molecule has 0 saturated heterocycles. The lowest BCUT2D eigenvalue weighted by Crippen LogP contribution is -2.19. The summed E-state index contributed by atoms with van der Waals surface area (Å²) >= 11 is 3.18. The number of aliphatic hydroxyl groups is 2. The van der Waals surface area contributed by atoms with Crippen molar-refractivity contribution in [3.8, 4) is 0 Å². The monoisotopic (exact) mass is 303 g/mol. The summed E-state index contributed by atoms with van der Waals surface area (Å²) in [5, 5.41) is 30.7. The van der Waals surface area contributed by atoms with Crippen LogP contribution in [0.1, 0.15) is 23.7 Å². The Labute approximate surface area is 107 Å². The summed E-state index contributed by atoms with van der Waals surface area (Å²) in [6, 6.07) is 4.20. The first-order valence-electron chi connectivity index (χ1n) is 5.14. The number of hydrogen-bond acceptors (Lipinski definition) is 4. The Balaban J connectivity index is 2.95. The second-order valence-electron chi connectivity index (χ2n) is 3.79. The van der Waals surface area contributed by atoms with E-state index >= 15 is 0 Å². The molecule has 1 rings (SSSR count). The van der Waals surface area contributed by atoms with Crippen LogP contribution >= 0.6 is 15.9 Å². The number of non-ortho nitro benzene ring substituents is 1. The minimum absolute atomic E-state index is 0.0200. The van der Waals surface area contributed by atoms with Gasteiger partial charge in [0.2, 0.25) is 0 Å². The number of nitro groups is 1. The third-order valence-electron chi connectivity index (χ3n) is 2.55. The van der Waals surface area contributed by atoms with Crippen LogP contribution in [0.5, 0.6) is 0 Å². The van der Waals surface area contributed by atoms with E-state index in [1.807, 2.05) is 0 Å². The largest absolute Gasteiger partial charge is 0.390 e. The normalized spacial score (nSPS) is 14.4. The first-order valence-corrected chi connectivity index (χ1v) is 6.26. The minimum atomic E-state index is -1.02. The molecule has 0 aliphatic heterocycles. The Morgan fingerprint density at radius 3 is 2.59 bits per heavy atom. The van der Waals surface area contributed by atoms with Crippen molar-refractivity contribution in [1.82, 2.24) is 0 Å². The van der Waals surface area contributed by atoms with E-state index in [2.05, 4.69) is 15.9 Å². The zero-order valence-electron chi connectivity index (χ0n) is 9.34. The van der Waals surface area contributed by atoms with Crippen molar-refractivity contribution in [2.45, 2.75) is 25.6 Å². The zero-order chi connectivity index (χ0) is 13.0. The molecule has 0 aliphatic carbocycles. The lowest BCUT2D eigenvalue weighted by atomic mass is 9.98. The van der Waals surface area contributed by atoms with Crippen molar-refractivity contribution < 1.29 is 15.1 Å². The van der Waals surface area contributed by atoms with Crippen LogP contribution in [0.15, 0.2) is 18.2 Å². The molecular formula is C11H14BrNO4. The SMILES string of the molecule is Cc1cc([N+](=O)[O-])ccc1C(O)C(O)CCBr. The lowest BCUT2D eigenvalue weighted by molar-refractivity contribution is -0.384. The average molecular weight is 304 g/mol. The van der Waals surface area contributed by atoms with Gasteiger partial charge in [-0.1, -0.05) is 15.9 Å². The van der Waals surface area contributed by atoms with E-state index in [4.69, 9.17) is 0 Å². The van der Waals surface area contributed by atoms with Gasteiger partial charge in [0, 0.05) is 17.5 Å². The molecule has 0 heterocycles. The molecule has 0 aromatic heterocycles. The number of rotatable bonds is 5. The molecule has 0 aliphatic rings. The van der Waals surface area contributed by atoms with Crippen LogP contribution < -0.4 is 0 Å². The number of halogens is 1. The number of nitro benzene ring substituents is 1. The summed E-state index contributed by atoms with van der Waals surface area (Å²) in [5.41, 5.74) is 1.10. The zero-order valence-corrected chi connectivity index (χ0v) is 10.9. The molecule has 6 heteroatoms. The van der Waals surface area contributed by atoms with Crippen LogP contribution in [0.3, 0.4) is 0 Å². The van der Waals surface area contributed by atoms with E-state index in [9.17, 15) is 20.3 Å². The summed E-state index contributed by atoms with van der Waals surface area (Å²) in [4.78, 5) is 10.1. The molecule has 17 heavy (non-hydrogen) atoms. The van der Waals surface area contributed by atoms with Crippen LogP contribution in [0, 0.1) is 17.0 Å². The van der Waals surface area contributed by atoms with Gasteiger partial charge in [-0.3, -0.25) is 10.1 Å². The Kier molecular flexibility index (Phi) is 5.04. The van der Waals surface area contributed by atoms with Gasteiger partial charge in [0.05, 0.1) is 11.0 Å². The van der Waals surface area contributed by atoms with Crippen LogP contribution in [0.4, 0.5) is 5.69 Å². The molecule has 5 nitrogen and oxygen atoms in total. The van der Waals surface area contributed by atoms with Crippen LogP contribution in [0.2, 0.25) is 0 Å². The lowest BCUT2D eigenvalue weighted by Gasteiger charge is -2.18. The molecular weight excluding hydrogens is 290 g/mol. The highest BCUT2D eigenvalue weighted by molar-refractivity contribution is 9.09. The highest BCUT2D eigenvalue weighted by Gasteiger charge is 2.20. The predicted molar refractivity (Wildman–Crippen MR) is 67.2 cm³/mol. The minimum Gasteiger partial charge on any atom is -0.390 e. The van der Waals surface area contributed by atoms with Crippen molar-refractivity contribution in [2.75, 3.05) is 5.33 Å². The third kappa shape index (κ3) is 3.49. The van der Waals surface area contributed by atoms with E-state index in [-0.39, 0.29) is 5.69 Å². The first-order chi connectivity index (χ1) is 7.97. The molecule has 0 bridgehead atoms. The van der Waals surface area contributed by atoms with E-state index in [0.29, 0.717) is 22.9 Å². The molecule has 0 radical (unpaired) electrons. The van der Waals surface area contributed by atoms with E-state index in [1.165, 1.54) is 18.2 Å². The van der Waals surface area contributed by atoms with Crippen LogP contribution in [-0.2, 0) is 0 Å². The van der Waals surface area contributed by atoms with Crippen molar-refractivity contribution in [2.24, 2.45) is 0 Å². The number of aryl methyl sites for hydroxylation is 1. The summed E-state index contributed by atoms with van der Waals surface area (Å²) in [6.45, 7) is 1.67. The van der Waals surface area contributed by atoms with E-state index in [1.54, 1.807) is 6.92 Å². The van der Waals surface area contributed by atoms with Gasteiger partial charge in [0.25, 0.3) is 5.69 Å². The van der Waals surface area contributed by atoms with Crippen LogP contribution in [-0.4, -0.2) is 26.6 Å². The third-order valence-corrected chi connectivity index (χ3v) is 3.01. The van der Waals surface area contributed by atoms with E-state index in [0.717, 1.165) is 0 Å². The summed E-state index contributed by atoms with van der Waals surface area (Å²) in [7, 11) is 0. The molecule has 2 atom stereocenters. The summed E-state index contributed by atoms with van der Waals surface area (Å²) < 4.78 is 0. The van der Waals surface area contributed by atoms with Gasteiger partial charge < -0.3 is 10.2 Å². The standard InChI is InChI=1S/C11H14BrNO4/c1-7-6-8(13(16)17)2-3-9(7)11(15)10(14)4-5-12/h2-3,6,10-11,14-15H,4-5H2,1H3. The quantitative estimate of drug-likeness (QED) is 0.495. The van der Waals surface area contributed by atoms with Crippen molar-refractivity contribution in [1.29, 1.82) is 0 Å². The first kappa shape index (κ1) is 14.1. The molecule has 0 spiro atoms. The number of hydrogen-bond donors (Lipinski definition) is 2.